The van der Waals surface area contributed by atoms with Gasteiger partial charge in [0.1, 0.15) is 8.07 Å². The lowest BCUT2D eigenvalue weighted by Gasteiger charge is -2.38. The molecule has 0 atom stereocenters. The first-order chi connectivity index (χ1) is 8.80. The van der Waals surface area contributed by atoms with Crippen LogP contribution in [0.5, 0.6) is 0 Å². The van der Waals surface area contributed by atoms with E-state index in [1.54, 1.807) is 32.7 Å². The van der Waals surface area contributed by atoms with Gasteiger partial charge in [0.25, 0.3) is 0 Å². The molecule has 0 aromatic rings. The van der Waals surface area contributed by atoms with Crippen molar-refractivity contribution in [2.45, 2.75) is 66.5 Å². The van der Waals surface area contributed by atoms with Gasteiger partial charge in [-0.05, 0) is 46.1 Å². The molecule has 0 unspecified atom stereocenters. The van der Waals surface area contributed by atoms with Gasteiger partial charge in [-0.1, -0.05) is 65.2 Å². The van der Waals surface area contributed by atoms with Crippen molar-refractivity contribution in [1.29, 1.82) is 0 Å². The predicted molar refractivity (Wildman–Crippen MR) is 88.9 cm³/mol. The molecule has 2 rings (SSSR count). The summed E-state index contributed by atoms with van der Waals surface area (Å²) in [5.41, 5.74) is 7.12. The molecular formula is C18H28Si. The fourth-order valence-corrected chi connectivity index (χ4v) is 9.33. The largest absolute Gasteiger partial charge is 0.118 e. The maximum Gasteiger partial charge on any atom is 0.118 e. The summed E-state index contributed by atoms with van der Waals surface area (Å²) in [6.45, 7) is 16.8. The van der Waals surface area contributed by atoms with Crippen molar-refractivity contribution in [2.75, 3.05) is 0 Å². The highest BCUT2D eigenvalue weighted by Gasteiger charge is 2.43. The normalized spacial score (nSPS) is 20.6. The second kappa shape index (κ2) is 4.94. The highest BCUT2D eigenvalue weighted by atomic mass is 28.3. The van der Waals surface area contributed by atoms with Gasteiger partial charge in [0.15, 0.2) is 0 Å². The van der Waals surface area contributed by atoms with E-state index in [-0.39, 0.29) is 0 Å². The molecule has 0 bridgehead atoms. The molecular weight excluding hydrogens is 244 g/mol. The van der Waals surface area contributed by atoms with E-state index in [1.165, 1.54) is 12.8 Å². The molecule has 0 radical (unpaired) electrons. The Bertz CT molecular complexity index is 482. The number of rotatable bonds is 3. The van der Waals surface area contributed by atoms with Crippen molar-refractivity contribution in [2.24, 2.45) is 0 Å². The van der Waals surface area contributed by atoms with Crippen LogP contribution < -0.4 is 0 Å². The molecule has 0 aromatic heterocycles. The van der Waals surface area contributed by atoms with Crippen molar-refractivity contribution in [3.8, 4) is 0 Å². The molecule has 0 amide bonds. The Balaban J connectivity index is 2.65. The van der Waals surface area contributed by atoms with E-state index in [4.69, 9.17) is 0 Å². The van der Waals surface area contributed by atoms with Crippen LogP contribution in [-0.4, -0.2) is 8.07 Å². The standard InChI is InChI=1S/C18H28Si/c1-12(2)19(7,17-13(3)8-9-14(17)4)18-15(5)10-11-16(18)6/h8,10,12H,9,11H2,1-7H3. The fourth-order valence-electron chi connectivity index (χ4n) is 4.10. The van der Waals surface area contributed by atoms with Crippen LogP contribution in [0.3, 0.4) is 0 Å². The Morgan fingerprint density at radius 2 is 1.21 bits per heavy atom. The molecule has 0 aromatic carbocycles. The zero-order valence-electron chi connectivity index (χ0n) is 13.6. The van der Waals surface area contributed by atoms with Gasteiger partial charge >= 0.3 is 0 Å². The molecule has 104 valence electrons. The Morgan fingerprint density at radius 3 is 1.42 bits per heavy atom. The lowest BCUT2D eigenvalue weighted by atomic mass is 10.2. The van der Waals surface area contributed by atoms with Crippen molar-refractivity contribution in [1.82, 2.24) is 0 Å². The molecule has 19 heavy (non-hydrogen) atoms. The van der Waals surface area contributed by atoms with Gasteiger partial charge in [-0.2, -0.15) is 0 Å². The van der Waals surface area contributed by atoms with Crippen molar-refractivity contribution < 1.29 is 0 Å². The number of hydrogen-bond donors (Lipinski definition) is 0. The molecule has 0 aliphatic heterocycles. The first-order valence-corrected chi connectivity index (χ1v) is 10.1. The third-order valence-electron chi connectivity index (χ3n) is 5.26. The molecule has 0 heterocycles. The summed E-state index contributed by atoms with van der Waals surface area (Å²) >= 11 is 0. The van der Waals surface area contributed by atoms with E-state index in [9.17, 15) is 0 Å². The summed E-state index contributed by atoms with van der Waals surface area (Å²) < 4.78 is 0. The maximum absolute atomic E-state index is 2.60. The Labute approximate surface area is 120 Å². The predicted octanol–water partition coefficient (Wildman–Crippen LogP) is 5.89. The monoisotopic (exact) mass is 272 g/mol. The van der Waals surface area contributed by atoms with Crippen LogP contribution in [0.25, 0.3) is 0 Å². The van der Waals surface area contributed by atoms with Crippen molar-refractivity contribution >= 4 is 8.07 Å². The fraction of sp³-hybridized carbons (Fsp3) is 0.556. The van der Waals surface area contributed by atoms with Gasteiger partial charge in [0, 0.05) is 0 Å². The topological polar surface area (TPSA) is 0 Å². The highest BCUT2D eigenvalue weighted by Crippen LogP contribution is 2.47. The number of allylic oxidation sites excluding steroid dienone is 8. The third-order valence-corrected chi connectivity index (χ3v) is 11.3. The average molecular weight is 273 g/mol. The Morgan fingerprint density at radius 1 is 0.842 bits per heavy atom. The van der Waals surface area contributed by atoms with Crippen LogP contribution in [-0.2, 0) is 0 Å². The smallest absolute Gasteiger partial charge is 0.0776 e. The number of hydrogen-bond acceptors (Lipinski definition) is 0. The average Bonchev–Trinajstić information content (AvgIpc) is 2.82. The van der Waals surface area contributed by atoms with E-state index < -0.39 is 8.07 Å². The zero-order chi connectivity index (χ0) is 14.4. The SMILES string of the molecule is CC1=CCC(C)=C1[Si](C)(C1=C(C)CC=C1C)C(C)C. The van der Waals surface area contributed by atoms with Crippen molar-refractivity contribution in [3.63, 3.8) is 0 Å². The molecule has 2 aliphatic rings. The second-order valence-corrected chi connectivity index (χ2v) is 11.4. The summed E-state index contributed by atoms with van der Waals surface area (Å²) in [6.07, 6.45) is 7.21. The minimum atomic E-state index is -1.59. The van der Waals surface area contributed by atoms with E-state index in [2.05, 4.69) is 60.2 Å². The molecule has 0 saturated carbocycles. The van der Waals surface area contributed by atoms with E-state index in [0.717, 1.165) is 5.54 Å². The van der Waals surface area contributed by atoms with Crippen LogP contribution in [0.4, 0.5) is 0 Å². The van der Waals surface area contributed by atoms with Crippen LogP contribution in [0, 0.1) is 0 Å². The lowest BCUT2D eigenvalue weighted by Crippen LogP contribution is -2.41. The van der Waals surface area contributed by atoms with Gasteiger partial charge in [-0.3, -0.25) is 0 Å². The minimum Gasteiger partial charge on any atom is -0.0776 e. The minimum absolute atomic E-state index is 0.755. The first kappa shape index (κ1) is 14.6. The van der Waals surface area contributed by atoms with Gasteiger partial charge < -0.3 is 0 Å². The van der Waals surface area contributed by atoms with Gasteiger partial charge in [0.2, 0.25) is 0 Å². The van der Waals surface area contributed by atoms with E-state index in [1.807, 2.05) is 0 Å². The Hall–Kier alpha value is -0.823. The summed E-state index contributed by atoms with van der Waals surface area (Å²) in [5.74, 6) is 0. The van der Waals surface area contributed by atoms with Crippen LogP contribution in [0.15, 0.2) is 44.8 Å². The van der Waals surface area contributed by atoms with Crippen molar-refractivity contribution in [3.05, 3.63) is 44.8 Å². The molecule has 0 nitrogen and oxygen atoms in total. The molecule has 2 aliphatic carbocycles. The summed E-state index contributed by atoms with van der Waals surface area (Å²) in [4.78, 5) is 0. The molecule has 0 saturated heterocycles. The van der Waals surface area contributed by atoms with E-state index >= 15 is 0 Å². The molecule has 1 heteroatoms. The Kier molecular flexibility index (Phi) is 3.79. The first-order valence-electron chi connectivity index (χ1n) is 7.54. The maximum atomic E-state index is 2.60. The molecule has 0 spiro atoms. The van der Waals surface area contributed by atoms with Gasteiger partial charge in [-0.15, -0.1) is 0 Å². The molecule has 0 N–H and O–H groups in total. The zero-order valence-corrected chi connectivity index (χ0v) is 14.6. The summed E-state index contributed by atoms with van der Waals surface area (Å²) in [5, 5.41) is 3.48. The quantitative estimate of drug-likeness (QED) is 0.562. The lowest BCUT2D eigenvalue weighted by molar-refractivity contribution is 1.01. The second-order valence-electron chi connectivity index (χ2n) is 6.85. The van der Waals surface area contributed by atoms with Gasteiger partial charge in [-0.25, -0.2) is 0 Å². The summed E-state index contributed by atoms with van der Waals surface area (Å²) in [6, 6.07) is 0. The van der Waals surface area contributed by atoms with Crippen LogP contribution >= 0.6 is 0 Å². The highest BCUT2D eigenvalue weighted by molar-refractivity contribution is 6.94. The molecule has 0 fully saturated rings. The van der Waals surface area contributed by atoms with Gasteiger partial charge in [0.05, 0.1) is 0 Å². The van der Waals surface area contributed by atoms with E-state index in [0.29, 0.717) is 0 Å². The summed E-state index contributed by atoms with van der Waals surface area (Å²) in [7, 11) is -1.59. The van der Waals surface area contributed by atoms with Crippen LogP contribution in [0.2, 0.25) is 12.1 Å². The van der Waals surface area contributed by atoms with Crippen LogP contribution in [0.1, 0.15) is 54.4 Å². The third kappa shape index (κ3) is 2.12.